The first-order chi connectivity index (χ1) is 46.4. The first-order valence-corrected chi connectivity index (χ1v) is 38.6. The molecule has 0 aliphatic rings. The Hall–Kier alpha value is -9.70. The molecule has 518 valence electrons. The molecule has 48 heteroatoms. The van der Waals surface area contributed by atoms with Crippen LogP contribution in [-0.4, -0.2) is 134 Å². The number of azo groups is 2. The van der Waals surface area contributed by atoms with Crippen LogP contribution < -0.4 is 21.3 Å². The van der Waals surface area contributed by atoms with Gasteiger partial charge in [0.25, 0.3) is 80.9 Å². The Morgan fingerprint density at radius 2 is 0.610 bits per heavy atom. The summed E-state index contributed by atoms with van der Waals surface area (Å²) in [4.78, 5) is 17.0. The molecule has 11 aromatic rings. The fourth-order valence-corrected chi connectivity index (χ4v) is 15.5. The standard InChI is InChI=1S/C52H34Cl2N14O24S8/c53-47-59-49(63-51(61-47)57-37-19-27(93(69,70)71)15-23-17-43(97(81,82)83)39(21-33(23)37)67-65-35-13-11-29-31(45(35)99(87,88)89)3-1-5-41(29)95(75,76)77)55-25-7-9-26(10-8-25)56-50-60-48(54)62-52(64-50)58-38-20-28(94(72,73)74)16-24-18-44(98(84,85)86)40(22-34(24)38)68-66-36-14-12-30-32(46(36)100(90,91)92)4-2-6-42(30)96(78,79)80/h1-22H,(H,69,70,71)(H,72,73,74)(H,75,76,77)(H,78,79,80)(H,81,82,83)(H,84,85,86)(H,87,88,89)(H,90,91,92)(H2,55,57,59,61,63)(H2,56,58,60,62,64). The van der Waals surface area contributed by atoms with E-state index >= 15 is 0 Å². The summed E-state index contributed by atoms with van der Waals surface area (Å²) in [5, 5.41) is 22.4. The second-order valence-electron chi connectivity index (χ2n) is 20.3. The van der Waals surface area contributed by atoms with Crippen LogP contribution in [0.4, 0.5) is 69.3 Å². The summed E-state index contributed by atoms with van der Waals surface area (Å²) in [7, 11) is -41.6. The number of hydrogen-bond acceptors (Lipinski definition) is 30. The lowest BCUT2D eigenvalue weighted by atomic mass is 10.1. The van der Waals surface area contributed by atoms with E-state index < -0.39 is 187 Å². The van der Waals surface area contributed by atoms with E-state index in [1.165, 1.54) is 24.3 Å². The number of rotatable bonds is 20. The fourth-order valence-electron chi connectivity index (χ4n) is 9.78. The van der Waals surface area contributed by atoms with Gasteiger partial charge in [-0.3, -0.25) is 36.4 Å². The molecular formula is C52H34Cl2N14O24S8. The molecule has 9 aromatic carbocycles. The predicted molar refractivity (Wildman–Crippen MR) is 352 cm³/mol. The topological polar surface area (TPSA) is 610 Å². The second-order valence-corrected chi connectivity index (χ2v) is 32.1. The average molecular weight is 1570 g/mol. The largest absolute Gasteiger partial charge is 0.324 e. The van der Waals surface area contributed by atoms with Crippen molar-refractivity contribution < 1.29 is 104 Å². The Morgan fingerprint density at radius 1 is 0.290 bits per heavy atom. The van der Waals surface area contributed by atoms with Crippen LogP contribution in [0.2, 0.25) is 10.6 Å². The van der Waals surface area contributed by atoms with Gasteiger partial charge in [-0.15, -0.1) is 20.5 Å². The van der Waals surface area contributed by atoms with Crippen LogP contribution in [0.3, 0.4) is 0 Å². The van der Waals surface area contributed by atoms with Crippen molar-refractivity contribution in [3.05, 3.63) is 144 Å². The molecule has 0 bridgehead atoms. The van der Waals surface area contributed by atoms with E-state index in [2.05, 4.69) is 71.6 Å². The van der Waals surface area contributed by atoms with Gasteiger partial charge in [-0.1, -0.05) is 36.4 Å². The minimum atomic E-state index is -5.35. The van der Waals surface area contributed by atoms with Crippen LogP contribution in [0.5, 0.6) is 0 Å². The van der Waals surface area contributed by atoms with Crippen LogP contribution in [0.25, 0.3) is 43.1 Å². The molecule has 0 spiro atoms. The lowest BCUT2D eigenvalue weighted by Gasteiger charge is -2.14. The molecule has 2 heterocycles. The number of halogens is 2. The summed E-state index contributed by atoms with van der Waals surface area (Å²) >= 11 is 12.6. The SMILES string of the molecule is O=S(=O)(O)c1cc(Nc2nc(Cl)nc(Nc3ccc(Nc4nc(Cl)nc(Nc5cc(S(=O)(=O)O)cc6cc(S(=O)(=O)O)c(N=Nc7ccc8c(S(=O)(=O)O)cccc8c7S(=O)(=O)O)cc56)n4)cc3)n2)c2cc(N=Nc3ccc4c(S(=O)(=O)O)cccc4c3S(=O)(=O)O)c(S(=O)(=O)O)cc2c1. The average Bonchev–Trinajstić information content (AvgIpc) is 0.769. The Bertz CT molecular complexity index is 6060. The zero-order chi connectivity index (χ0) is 72.8. The zero-order valence-electron chi connectivity index (χ0n) is 48.3. The monoisotopic (exact) mass is 1560 g/mol. The molecular weight excluding hydrogens is 1530 g/mol. The molecule has 0 unspecified atom stereocenters. The Morgan fingerprint density at radius 3 is 0.920 bits per heavy atom. The van der Waals surface area contributed by atoms with Gasteiger partial charge in [0.15, 0.2) is 0 Å². The number of fused-ring (bicyclic) bond motifs is 4. The maximum Gasteiger partial charge on any atom is 0.297 e. The second kappa shape index (κ2) is 25.8. The molecule has 0 saturated carbocycles. The number of benzene rings is 9. The van der Waals surface area contributed by atoms with Gasteiger partial charge < -0.3 is 21.3 Å². The van der Waals surface area contributed by atoms with Crippen LogP contribution in [0.15, 0.2) is 193 Å². The normalized spacial score (nSPS) is 13.1. The molecule has 38 nitrogen and oxygen atoms in total. The van der Waals surface area contributed by atoms with E-state index in [1.807, 2.05) is 0 Å². The fraction of sp³-hybridized carbons (Fsp3) is 0. The van der Waals surface area contributed by atoms with E-state index in [1.54, 1.807) is 0 Å². The predicted octanol–water partition coefficient (Wildman–Crippen LogP) is 9.76. The summed E-state index contributed by atoms with van der Waals surface area (Å²) in [6.45, 7) is 0. The molecule has 0 aliphatic heterocycles. The highest BCUT2D eigenvalue weighted by atomic mass is 35.5. The van der Waals surface area contributed by atoms with Crippen molar-refractivity contribution >= 4 is 217 Å². The number of aromatic nitrogens is 6. The van der Waals surface area contributed by atoms with Crippen molar-refractivity contribution in [2.24, 2.45) is 20.5 Å². The molecule has 0 fully saturated rings. The molecule has 0 saturated heterocycles. The number of anilines is 8. The Labute approximate surface area is 571 Å². The highest BCUT2D eigenvalue weighted by Crippen LogP contribution is 2.43. The van der Waals surface area contributed by atoms with Crippen molar-refractivity contribution in [3.63, 3.8) is 0 Å². The van der Waals surface area contributed by atoms with Crippen molar-refractivity contribution in [2.45, 2.75) is 39.2 Å². The molecule has 0 atom stereocenters. The van der Waals surface area contributed by atoms with Gasteiger partial charge in [0.2, 0.25) is 34.4 Å². The molecule has 12 N–H and O–H groups in total. The molecule has 0 aliphatic carbocycles. The quantitative estimate of drug-likeness (QED) is 0.0249. The smallest absolute Gasteiger partial charge is 0.297 e. The van der Waals surface area contributed by atoms with Crippen molar-refractivity contribution in [3.8, 4) is 0 Å². The zero-order valence-corrected chi connectivity index (χ0v) is 56.3. The Kier molecular flexibility index (Phi) is 18.5. The molecule has 0 amide bonds. The van der Waals surface area contributed by atoms with E-state index in [0.29, 0.717) is 12.1 Å². The van der Waals surface area contributed by atoms with Gasteiger partial charge in [0.05, 0.1) is 21.2 Å². The van der Waals surface area contributed by atoms with Crippen molar-refractivity contribution in [1.82, 2.24) is 29.9 Å². The first-order valence-electron chi connectivity index (χ1n) is 26.4. The lowest BCUT2D eigenvalue weighted by molar-refractivity contribution is 0.480. The summed E-state index contributed by atoms with van der Waals surface area (Å²) < 4.78 is 282. The number of nitrogens with zero attached hydrogens (tertiary/aromatic N) is 10. The van der Waals surface area contributed by atoms with Crippen LogP contribution in [-0.2, 0) is 80.9 Å². The van der Waals surface area contributed by atoms with Gasteiger partial charge in [-0.25, -0.2) is 0 Å². The van der Waals surface area contributed by atoms with Gasteiger partial charge in [-0.2, -0.15) is 97.2 Å². The number of hydrogen-bond donors (Lipinski definition) is 12. The van der Waals surface area contributed by atoms with E-state index in [4.69, 9.17) is 23.2 Å². The summed E-state index contributed by atoms with van der Waals surface area (Å²) in [6.07, 6.45) is 0. The molecule has 100 heavy (non-hydrogen) atoms. The minimum Gasteiger partial charge on any atom is -0.324 e. The maximum absolute atomic E-state index is 12.8. The van der Waals surface area contributed by atoms with Gasteiger partial charge in [-0.05, 0) is 131 Å². The third-order valence-electron chi connectivity index (χ3n) is 13.8. The van der Waals surface area contributed by atoms with Crippen LogP contribution in [0.1, 0.15) is 0 Å². The number of nitrogens with one attached hydrogen (secondary N) is 4. The third-order valence-corrected chi connectivity index (χ3v) is 21.3. The van der Waals surface area contributed by atoms with E-state index in [0.717, 1.165) is 97.1 Å². The minimum absolute atomic E-state index is 0.186. The van der Waals surface area contributed by atoms with Gasteiger partial charge in [0, 0.05) is 43.7 Å². The molecule has 11 rings (SSSR count). The van der Waals surface area contributed by atoms with Gasteiger partial charge >= 0.3 is 0 Å². The first kappa shape index (κ1) is 71.6. The third kappa shape index (κ3) is 15.5. The van der Waals surface area contributed by atoms with Crippen LogP contribution >= 0.6 is 23.2 Å². The van der Waals surface area contributed by atoms with Crippen LogP contribution in [0, 0.1) is 0 Å². The Balaban J connectivity index is 0.882. The highest BCUT2D eigenvalue weighted by molar-refractivity contribution is 7.88. The summed E-state index contributed by atoms with van der Waals surface area (Å²) in [6, 6.07) is 21.8. The van der Waals surface area contributed by atoms with Gasteiger partial charge in [0.1, 0.15) is 52.1 Å². The maximum atomic E-state index is 12.8. The van der Waals surface area contributed by atoms with Crippen molar-refractivity contribution in [1.29, 1.82) is 0 Å². The van der Waals surface area contributed by atoms with Crippen molar-refractivity contribution in [2.75, 3.05) is 21.3 Å². The molecule has 2 aromatic heterocycles. The lowest BCUT2D eigenvalue weighted by Crippen LogP contribution is -2.06. The van der Waals surface area contributed by atoms with E-state index in [9.17, 15) is 104 Å². The highest BCUT2D eigenvalue weighted by Gasteiger charge is 2.29. The summed E-state index contributed by atoms with van der Waals surface area (Å²) in [5.74, 6) is -1.54. The summed E-state index contributed by atoms with van der Waals surface area (Å²) in [5.41, 5.74) is -3.27. The van der Waals surface area contributed by atoms with E-state index in [-0.39, 0.29) is 56.2 Å². The molecule has 0 radical (unpaired) electrons.